The third-order valence-electron chi connectivity index (χ3n) is 5.84. The van der Waals surface area contributed by atoms with Gasteiger partial charge < -0.3 is 10.5 Å². The van der Waals surface area contributed by atoms with Crippen molar-refractivity contribution in [2.75, 3.05) is 13.2 Å². The van der Waals surface area contributed by atoms with Crippen LogP contribution >= 0.6 is 0 Å². The van der Waals surface area contributed by atoms with Crippen LogP contribution in [0.1, 0.15) is 78.6 Å². The van der Waals surface area contributed by atoms with Crippen LogP contribution in [0.25, 0.3) is 0 Å². The lowest BCUT2D eigenvalue weighted by Crippen LogP contribution is -2.46. The second kappa shape index (κ2) is 6.79. The topological polar surface area (TPSA) is 35.2 Å². The smallest absolute Gasteiger partial charge is 0.0804 e. The second-order valence-electron chi connectivity index (χ2n) is 8.34. The average molecular weight is 281 g/mol. The minimum absolute atomic E-state index is 0.000796. The van der Waals surface area contributed by atoms with Crippen molar-refractivity contribution in [1.29, 1.82) is 0 Å². The van der Waals surface area contributed by atoms with E-state index in [1.54, 1.807) is 0 Å². The first kappa shape index (κ1) is 16.3. The summed E-state index contributed by atoms with van der Waals surface area (Å²) >= 11 is 0. The molecule has 0 aromatic carbocycles. The van der Waals surface area contributed by atoms with Gasteiger partial charge in [-0.1, -0.05) is 40.0 Å². The number of hydrogen-bond acceptors (Lipinski definition) is 2. The molecule has 0 aromatic rings. The van der Waals surface area contributed by atoms with E-state index in [1.807, 2.05) is 0 Å². The van der Waals surface area contributed by atoms with Gasteiger partial charge in [0.25, 0.3) is 0 Å². The second-order valence-corrected chi connectivity index (χ2v) is 8.34. The lowest BCUT2D eigenvalue weighted by Gasteiger charge is -2.44. The largest absolute Gasteiger partial charge is 0.373 e. The summed E-state index contributed by atoms with van der Waals surface area (Å²) < 4.78 is 6.40. The van der Waals surface area contributed by atoms with Crippen molar-refractivity contribution < 1.29 is 4.74 Å². The zero-order valence-corrected chi connectivity index (χ0v) is 13.9. The van der Waals surface area contributed by atoms with Gasteiger partial charge in [-0.2, -0.15) is 0 Å². The van der Waals surface area contributed by atoms with E-state index in [1.165, 1.54) is 44.9 Å². The van der Waals surface area contributed by atoms with Gasteiger partial charge in [0.2, 0.25) is 0 Å². The van der Waals surface area contributed by atoms with Crippen molar-refractivity contribution in [3.8, 4) is 0 Å². The highest BCUT2D eigenvalue weighted by molar-refractivity contribution is 4.91. The predicted molar refractivity (Wildman–Crippen MR) is 85.7 cm³/mol. The molecular formula is C18H35NO. The maximum Gasteiger partial charge on any atom is 0.0804 e. The summed E-state index contributed by atoms with van der Waals surface area (Å²) in [6, 6.07) is 0. The van der Waals surface area contributed by atoms with Crippen molar-refractivity contribution in [3.63, 3.8) is 0 Å². The number of nitrogens with two attached hydrogens (primary N) is 1. The van der Waals surface area contributed by atoms with Gasteiger partial charge in [-0.05, 0) is 55.8 Å². The van der Waals surface area contributed by atoms with Crippen molar-refractivity contribution in [1.82, 2.24) is 0 Å². The van der Waals surface area contributed by atoms with Crippen LogP contribution in [0, 0.1) is 17.3 Å². The Hall–Kier alpha value is -0.0800. The Bertz CT molecular complexity index is 280. The molecule has 0 amide bonds. The van der Waals surface area contributed by atoms with Crippen LogP contribution in [-0.2, 0) is 4.74 Å². The summed E-state index contributed by atoms with van der Waals surface area (Å²) in [4.78, 5) is 0. The zero-order chi connectivity index (χ0) is 14.6. The molecule has 2 nitrogen and oxygen atoms in total. The molecule has 20 heavy (non-hydrogen) atoms. The summed E-state index contributed by atoms with van der Waals surface area (Å²) in [6.45, 7) is 8.77. The van der Waals surface area contributed by atoms with Gasteiger partial charge in [0.05, 0.1) is 12.2 Å². The molecule has 0 unspecified atom stereocenters. The summed E-state index contributed by atoms with van der Waals surface area (Å²) in [5, 5.41) is 0. The fourth-order valence-electron chi connectivity index (χ4n) is 4.07. The van der Waals surface area contributed by atoms with Crippen molar-refractivity contribution in [3.05, 3.63) is 0 Å². The first-order chi connectivity index (χ1) is 9.45. The van der Waals surface area contributed by atoms with Crippen LogP contribution in [-0.4, -0.2) is 18.8 Å². The predicted octanol–water partition coefficient (Wildman–Crippen LogP) is 4.52. The Morgan fingerprint density at radius 3 is 2.10 bits per heavy atom. The van der Waals surface area contributed by atoms with Crippen molar-refractivity contribution in [2.45, 2.75) is 84.2 Å². The van der Waals surface area contributed by atoms with E-state index in [-0.39, 0.29) is 5.60 Å². The Labute approximate surface area is 125 Å². The van der Waals surface area contributed by atoms with Gasteiger partial charge in [-0.25, -0.2) is 0 Å². The Morgan fingerprint density at radius 2 is 1.60 bits per heavy atom. The van der Waals surface area contributed by atoms with Gasteiger partial charge in [-0.3, -0.25) is 0 Å². The van der Waals surface area contributed by atoms with Gasteiger partial charge in [0, 0.05) is 6.54 Å². The summed E-state index contributed by atoms with van der Waals surface area (Å²) in [5.74, 6) is 1.63. The van der Waals surface area contributed by atoms with E-state index in [0.717, 1.165) is 31.3 Å². The molecule has 2 N–H and O–H groups in total. The van der Waals surface area contributed by atoms with Crippen LogP contribution in [0.15, 0.2) is 0 Å². The molecular weight excluding hydrogens is 246 g/mol. The van der Waals surface area contributed by atoms with E-state index in [9.17, 15) is 0 Å². The SMILES string of the molecule is CC(C)(C)C1CCC(CN)(OCC2CCCCC2)CC1. The third-order valence-corrected chi connectivity index (χ3v) is 5.84. The molecule has 0 saturated heterocycles. The average Bonchev–Trinajstić information content (AvgIpc) is 2.46. The fourth-order valence-corrected chi connectivity index (χ4v) is 4.07. The van der Waals surface area contributed by atoms with Gasteiger partial charge in [0.1, 0.15) is 0 Å². The fraction of sp³-hybridized carbons (Fsp3) is 1.00. The standard InChI is InChI=1S/C18H35NO/c1-17(2,3)16-9-11-18(14-19,12-10-16)20-13-15-7-5-4-6-8-15/h15-16H,4-14,19H2,1-3H3. The lowest BCUT2D eigenvalue weighted by molar-refractivity contribution is -0.0942. The Kier molecular flexibility index (Phi) is 5.53. The van der Waals surface area contributed by atoms with Crippen LogP contribution in [0.5, 0.6) is 0 Å². The molecule has 2 saturated carbocycles. The summed E-state index contributed by atoms with van der Waals surface area (Å²) in [5.41, 5.74) is 6.52. The first-order valence-electron chi connectivity index (χ1n) is 8.79. The zero-order valence-electron chi connectivity index (χ0n) is 13.9. The van der Waals surface area contributed by atoms with Gasteiger partial charge in [0.15, 0.2) is 0 Å². The van der Waals surface area contributed by atoms with Crippen LogP contribution in [0.4, 0.5) is 0 Å². The number of ether oxygens (including phenoxy) is 1. The quantitative estimate of drug-likeness (QED) is 0.822. The van der Waals surface area contributed by atoms with Crippen molar-refractivity contribution >= 4 is 0 Å². The van der Waals surface area contributed by atoms with E-state index < -0.39 is 0 Å². The van der Waals surface area contributed by atoms with E-state index in [4.69, 9.17) is 10.5 Å². The van der Waals surface area contributed by atoms with Gasteiger partial charge in [-0.15, -0.1) is 0 Å². The highest BCUT2D eigenvalue weighted by Gasteiger charge is 2.39. The van der Waals surface area contributed by atoms with E-state index in [0.29, 0.717) is 12.0 Å². The molecule has 2 heteroatoms. The number of rotatable bonds is 4. The molecule has 0 radical (unpaired) electrons. The monoisotopic (exact) mass is 281 g/mol. The normalized spacial score (nSPS) is 33.3. The molecule has 0 aromatic heterocycles. The highest BCUT2D eigenvalue weighted by atomic mass is 16.5. The first-order valence-corrected chi connectivity index (χ1v) is 8.79. The lowest BCUT2D eigenvalue weighted by atomic mass is 9.68. The molecule has 0 bridgehead atoms. The molecule has 2 rings (SSSR count). The molecule has 0 heterocycles. The Balaban J connectivity index is 1.82. The number of hydrogen-bond donors (Lipinski definition) is 1. The van der Waals surface area contributed by atoms with Crippen LogP contribution < -0.4 is 5.73 Å². The van der Waals surface area contributed by atoms with Crippen LogP contribution in [0.2, 0.25) is 0 Å². The highest BCUT2D eigenvalue weighted by Crippen LogP contribution is 2.42. The van der Waals surface area contributed by atoms with Crippen molar-refractivity contribution in [2.24, 2.45) is 23.0 Å². The molecule has 0 spiro atoms. The van der Waals surface area contributed by atoms with Crippen LogP contribution in [0.3, 0.4) is 0 Å². The molecule has 0 aliphatic heterocycles. The molecule has 2 aliphatic carbocycles. The third kappa shape index (κ3) is 4.21. The van der Waals surface area contributed by atoms with E-state index >= 15 is 0 Å². The molecule has 0 atom stereocenters. The summed E-state index contributed by atoms with van der Waals surface area (Å²) in [7, 11) is 0. The molecule has 2 aliphatic rings. The maximum atomic E-state index is 6.40. The Morgan fingerprint density at radius 1 is 1.00 bits per heavy atom. The van der Waals surface area contributed by atoms with E-state index in [2.05, 4.69) is 20.8 Å². The minimum Gasteiger partial charge on any atom is -0.373 e. The van der Waals surface area contributed by atoms with Gasteiger partial charge >= 0.3 is 0 Å². The molecule has 118 valence electrons. The molecule has 2 fully saturated rings. The maximum absolute atomic E-state index is 6.40. The minimum atomic E-state index is -0.000796. The summed E-state index contributed by atoms with van der Waals surface area (Å²) in [6.07, 6.45) is 11.8.